The van der Waals surface area contributed by atoms with Crippen molar-refractivity contribution in [3.05, 3.63) is 28.2 Å². The van der Waals surface area contributed by atoms with Crippen LogP contribution in [0.5, 0.6) is 5.75 Å². The highest BCUT2D eigenvalue weighted by Gasteiger charge is 2.42. The lowest BCUT2D eigenvalue weighted by atomic mass is 10.1. The maximum Gasteiger partial charge on any atom is 0.510 e. The second-order valence-corrected chi connectivity index (χ2v) is 6.80. The molecule has 2 amide bonds. The third-order valence-electron chi connectivity index (χ3n) is 4.76. The Morgan fingerprint density at radius 2 is 2.14 bits per heavy atom. The number of carbonyl (C=O) groups is 3. The van der Waals surface area contributed by atoms with Gasteiger partial charge in [0.1, 0.15) is 6.17 Å². The van der Waals surface area contributed by atoms with Crippen LogP contribution in [-0.2, 0) is 19.0 Å². The van der Waals surface area contributed by atoms with Crippen molar-refractivity contribution in [3.8, 4) is 5.75 Å². The highest BCUT2D eigenvalue weighted by atomic mass is 16.8. The van der Waals surface area contributed by atoms with Gasteiger partial charge in [0, 0.05) is 18.3 Å². The fraction of sp³-hybridized carbons (Fsp3) is 0.529. The zero-order chi connectivity index (χ0) is 20.5. The van der Waals surface area contributed by atoms with Gasteiger partial charge in [0.25, 0.3) is 11.8 Å². The van der Waals surface area contributed by atoms with Gasteiger partial charge in [-0.15, -0.1) is 0 Å². The summed E-state index contributed by atoms with van der Waals surface area (Å²) in [4.78, 5) is 50.1. The minimum Gasteiger partial charge on any atom is -0.451 e. The number of methoxy groups -OCH3 is 1. The van der Waals surface area contributed by atoms with Gasteiger partial charge in [-0.2, -0.15) is 0 Å². The molecule has 3 heterocycles. The van der Waals surface area contributed by atoms with E-state index in [9.17, 15) is 19.2 Å². The van der Waals surface area contributed by atoms with Crippen molar-refractivity contribution in [1.82, 2.24) is 14.9 Å². The number of carbonyl (C=O) groups excluding carboxylic acids is 3. The van der Waals surface area contributed by atoms with Gasteiger partial charge in [0.05, 0.1) is 20.3 Å². The van der Waals surface area contributed by atoms with E-state index in [1.165, 1.54) is 21.8 Å². The minimum absolute atomic E-state index is 0.0240. The zero-order valence-corrected chi connectivity index (χ0v) is 15.6. The molecule has 0 bridgehead atoms. The number of aromatic nitrogens is 1. The van der Waals surface area contributed by atoms with Crippen molar-refractivity contribution in [2.45, 2.75) is 31.2 Å². The highest BCUT2D eigenvalue weighted by Crippen LogP contribution is 2.25. The normalized spacial score (nSPS) is 22.7. The standard InChI is InChI=1S/C17H20N4O8/c1-26-17(25)29-8-28-14-10(22)4-5-21-13(14)16(24)20-6-11(27-7-12(20)19-21)15(23)18-9-2-3-9/h4-5,9,11-12,19H,2-3,6-8H2,1H3,(H,18,23)/t11?,12-/m0/s1. The van der Waals surface area contributed by atoms with Gasteiger partial charge in [0.15, 0.2) is 11.8 Å². The van der Waals surface area contributed by atoms with Crippen LogP contribution >= 0.6 is 0 Å². The van der Waals surface area contributed by atoms with Gasteiger partial charge < -0.3 is 34.6 Å². The summed E-state index contributed by atoms with van der Waals surface area (Å²) in [7, 11) is 1.13. The number of rotatable bonds is 5. The van der Waals surface area contributed by atoms with E-state index in [0.29, 0.717) is 0 Å². The largest absolute Gasteiger partial charge is 0.510 e. The first-order valence-electron chi connectivity index (χ1n) is 9.06. The predicted molar refractivity (Wildman–Crippen MR) is 94.8 cm³/mol. The maximum atomic E-state index is 13.1. The second kappa shape index (κ2) is 7.62. The summed E-state index contributed by atoms with van der Waals surface area (Å²) in [6.45, 7) is -0.483. The lowest BCUT2D eigenvalue weighted by molar-refractivity contribution is -0.140. The van der Waals surface area contributed by atoms with E-state index in [-0.39, 0.29) is 36.5 Å². The number of ether oxygens (including phenoxy) is 4. The Labute approximate surface area is 164 Å². The molecular weight excluding hydrogens is 388 g/mol. The molecule has 156 valence electrons. The van der Waals surface area contributed by atoms with Gasteiger partial charge in [-0.05, 0) is 12.8 Å². The van der Waals surface area contributed by atoms with Crippen molar-refractivity contribution < 1.29 is 33.3 Å². The Morgan fingerprint density at radius 3 is 2.86 bits per heavy atom. The summed E-state index contributed by atoms with van der Waals surface area (Å²) < 4.78 is 21.2. The number of pyridine rings is 1. The van der Waals surface area contributed by atoms with E-state index >= 15 is 0 Å². The van der Waals surface area contributed by atoms with Crippen LogP contribution in [0.1, 0.15) is 23.3 Å². The summed E-state index contributed by atoms with van der Waals surface area (Å²) in [5.74, 6) is -1.05. The van der Waals surface area contributed by atoms with Gasteiger partial charge in [-0.25, -0.2) is 4.79 Å². The molecule has 2 atom stereocenters. The van der Waals surface area contributed by atoms with E-state index in [1.54, 1.807) is 0 Å². The minimum atomic E-state index is -0.989. The SMILES string of the molecule is COC(=O)OCOc1c2n(ccc1=O)N[C@@H]1COC(C(=O)NC3CC3)CN1C2=O. The monoisotopic (exact) mass is 408 g/mol. The van der Waals surface area contributed by atoms with Crippen molar-refractivity contribution in [3.63, 3.8) is 0 Å². The van der Waals surface area contributed by atoms with Crippen molar-refractivity contribution in [2.24, 2.45) is 0 Å². The third kappa shape index (κ3) is 3.83. The maximum absolute atomic E-state index is 13.1. The number of nitrogens with one attached hydrogen (secondary N) is 2. The second-order valence-electron chi connectivity index (χ2n) is 6.80. The number of hydrogen-bond donors (Lipinski definition) is 2. The molecule has 1 saturated heterocycles. The quantitative estimate of drug-likeness (QED) is 0.463. The van der Waals surface area contributed by atoms with Crippen LogP contribution in [0.3, 0.4) is 0 Å². The number of fused-ring (bicyclic) bond motifs is 2. The van der Waals surface area contributed by atoms with Crippen molar-refractivity contribution in [2.75, 3.05) is 32.5 Å². The molecule has 12 nitrogen and oxygen atoms in total. The van der Waals surface area contributed by atoms with Crippen LogP contribution in [-0.4, -0.2) is 72.9 Å². The van der Waals surface area contributed by atoms with E-state index in [1.807, 2.05) is 0 Å². The van der Waals surface area contributed by atoms with E-state index < -0.39 is 36.6 Å². The Bertz CT molecular complexity index is 896. The number of amides is 2. The molecule has 12 heteroatoms. The molecule has 2 fully saturated rings. The summed E-state index contributed by atoms with van der Waals surface area (Å²) in [6, 6.07) is 1.38. The first-order valence-corrected chi connectivity index (χ1v) is 9.06. The van der Waals surface area contributed by atoms with Crippen molar-refractivity contribution >= 4 is 18.0 Å². The molecule has 1 aromatic heterocycles. The number of nitrogens with zero attached hydrogens (tertiary/aromatic N) is 2. The first kappa shape index (κ1) is 19.1. The lowest BCUT2D eigenvalue weighted by Crippen LogP contribution is -2.63. The topological polar surface area (TPSA) is 137 Å². The van der Waals surface area contributed by atoms with E-state index in [0.717, 1.165) is 20.0 Å². The molecule has 1 unspecified atom stereocenters. The molecule has 2 N–H and O–H groups in total. The Morgan fingerprint density at radius 1 is 1.34 bits per heavy atom. The fourth-order valence-electron chi connectivity index (χ4n) is 3.13. The number of hydrogen-bond acceptors (Lipinski definition) is 9. The third-order valence-corrected chi connectivity index (χ3v) is 4.76. The molecule has 0 aromatic carbocycles. The van der Waals surface area contributed by atoms with Crippen molar-refractivity contribution in [1.29, 1.82) is 0 Å². The van der Waals surface area contributed by atoms with Crippen LogP contribution in [0.15, 0.2) is 17.1 Å². The molecule has 3 aliphatic rings. The van der Waals surface area contributed by atoms with Gasteiger partial charge in [0.2, 0.25) is 18.0 Å². The fourth-order valence-corrected chi connectivity index (χ4v) is 3.13. The molecular formula is C17H20N4O8. The number of morpholine rings is 1. The summed E-state index contributed by atoms with van der Waals surface area (Å²) >= 11 is 0. The molecule has 0 spiro atoms. The Balaban J connectivity index is 1.53. The average Bonchev–Trinajstić information content (AvgIpc) is 3.53. The van der Waals surface area contributed by atoms with Crippen LogP contribution in [0.25, 0.3) is 0 Å². The first-order chi connectivity index (χ1) is 14.0. The van der Waals surface area contributed by atoms with E-state index in [4.69, 9.17) is 9.47 Å². The molecule has 1 aromatic rings. The Kier molecular flexibility index (Phi) is 5.01. The Hall–Kier alpha value is -3.28. The lowest BCUT2D eigenvalue weighted by Gasteiger charge is -2.43. The predicted octanol–water partition coefficient (Wildman–Crippen LogP) is -1.03. The zero-order valence-electron chi connectivity index (χ0n) is 15.6. The average molecular weight is 408 g/mol. The molecule has 4 rings (SSSR count). The summed E-state index contributed by atoms with van der Waals surface area (Å²) in [5.41, 5.74) is 2.41. The molecule has 0 radical (unpaired) electrons. The van der Waals surface area contributed by atoms with Crippen LogP contribution in [0, 0.1) is 0 Å². The highest BCUT2D eigenvalue weighted by molar-refractivity contribution is 5.97. The van der Waals surface area contributed by atoms with E-state index in [2.05, 4.69) is 20.2 Å². The summed E-state index contributed by atoms with van der Waals surface area (Å²) in [6.07, 6.45) is 0.976. The molecule has 2 aliphatic heterocycles. The van der Waals surface area contributed by atoms with Crippen LogP contribution in [0.2, 0.25) is 0 Å². The van der Waals surface area contributed by atoms with Gasteiger partial charge in [-0.3, -0.25) is 19.1 Å². The molecule has 1 saturated carbocycles. The van der Waals surface area contributed by atoms with Crippen LogP contribution < -0.4 is 20.9 Å². The molecule has 29 heavy (non-hydrogen) atoms. The summed E-state index contributed by atoms with van der Waals surface area (Å²) in [5, 5.41) is 2.86. The smallest absolute Gasteiger partial charge is 0.451 e. The molecule has 1 aliphatic carbocycles. The van der Waals surface area contributed by atoms with Gasteiger partial charge >= 0.3 is 6.16 Å². The van der Waals surface area contributed by atoms with Gasteiger partial charge in [-0.1, -0.05) is 0 Å². The van der Waals surface area contributed by atoms with Crippen LogP contribution in [0.4, 0.5) is 4.79 Å².